The molecule has 0 unspecified atom stereocenters. The van der Waals surface area contributed by atoms with Gasteiger partial charge in [0, 0.05) is 59.0 Å². The van der Waals surface area contributed by atoms with Crippen LogP contribution in [-0.4, -0.2) is 133 Å². The van der Waals surface area contributed by atoms with E-state index in [0.29, 0.717) is 19.3 Å². The highest BCUT2D eigenvalue weighted by Gasteiger charge is 2.46. The number of nitrogens with zero attached hydrogens (tertiary/aromatic N) is 3. The lowest BCUT2D eigenvalue weighted by Gasteiger charge is -2.41. The molecular weight excluding hydrogens is 937 g/mol. The number of carbonyl (C=O) groups is 6. The maximum atomic E-state index is 14.9. The van der Waals surface area contributed by atoms with Crippen molar-refractivity contribution in [3.63, 3.8) is 0 Å². The number of hydrogen-bond acceptors (Lipinski definition) is 10. The maximum absolute atomic E-state index is 14.9. The number of methoxy groups -OCH3 is 2. The summed E-state index contributed by atoms with van der Waals surface area (Å²) in [6, 6.07) is 22.7. The van der Waals surface area contributed by atoms with Crippen molar-refractivity contribution in [2.45, 2.75) is 169 Å². The molecule has 0 aromatic heterocycles. The molecule has 1 fully saturated rings. The van der Waals surface area contributed by atoms with Crippen LogP contribution in [0.2, 0.25) is 0 Å². The molecule has 1 heterocycles. The number of ketones is 1. The van der Waals surface area contributed by atoms with Crippen molar-refractivity contribution >= 4 is 35.6 Å². The van der Waals surface area contributed by atoms with E-state index in [4.69, 9.17) is 18.9 Å². The lowest BCUT2D eigenvalue weighted by Crippen LogP contribution is -2.56. The summed E-state index contributed by atoms with van der Waals surface area (Å²) in [7, 11) is 6.40. The summed E-state index contributed by atoms with van der Waals surface area (Å²) in [5, 5.41) is 2.95. The third-order valence-electron chi connectivity index (χ3n) is 15.5. The van der Waals surface area contributed by atoms with Crippen molar-refractivity contribution in [2.24, 2.45) is 29.6 Å². The van der Waals surface area contributed by atoms with Crippen LogP contribution in [0, 0.1) is 29.6 Å². The van der Waals surface area contributed by atoms with Crippen molar-refractivity contribution in [3.8, 4) is 11.1 Å². The highest BCUT2D eigenvalue weighted by molar-refractivity contribution is 5.92. The highest BCUT2D eigenvalue weighted by Crippen LogP contribution is 2.45. The number of likely N-dealkylation sites (tertiary alicyclic amines) is 1. The van der Waals surface area contributed by atoms with Crippen LogP contribution in [0.4, 0.5) is 4.79 Å². The molecule has 3 aromatic rings. The number of carbonyl (C=O) groups excluding carboxylic acids is 6. The first-order valence-corrected chi connectivity index (χ1v) is 26.8. The number of amides is 4. The Morgan fingerprint density at radius 3 is 1.86 bits per heavy atom. The molecular formula is C60H86N4O10. The van der Waals surface area contributed by atoms with Gasteiger partial charge in [-0.25, -0.2) is 9.59 Å². The molecule has 1 aliphatic carbocycles. The van der Waals surface area contributed by atoms with E-state index in [-0.39, 0.29) is 73.2 Å². The van der Waals surface area contributed by atoms with Crippen LogP contribution in [0.1, 0.15) is 131 Å². The van der Waals surface area contributed by atoms with Gasteiger partial charge in [0.1, 0.15) is 18.2 Å². The van der Waals surface area contributed by atoms with E-state index in [1.807, 2.05) is 108 Å². The van der Waals surface area contributed by atoms with Crippen LogP contribution in [0.25, 0.3) is 11.1 Å². The van der Waals surface area contributed by atoms with Crippen LogP contribution in [0.5, 0.6) is 0 Å². The molecule has 1 N–H and O–H groups in total. The second kappa shape index (κ2) is 26.2. The molecule has 14 nitrogen and oxygen atoms in total. The van der Waals surface area contributed by atoms with Gasteiger partial charge in [-0.15, -0.1) is 0 Å². The second-order valence-corrected chi connectivity index (χ2v) is 22.5. The zero-order valence-corrected chi connectivity index (χ0v) is 46.9. The van der Waals surface area contributed by atoms with Gasteiger partial charge in [-0.2, -0.15) is 0 Å². The molecule has 406 valence electrons. The van der Waals surface area contributed by atoms with Gasteiger partial charge < -0.3 is 39.0 Å². The normalized spacial score (nSPS) is 18.8. The number of Topliss-reactive ketones (excluding diaryl/α,β-unsaturated/α-hetero) is 1. The molecule has 3 aromatic carbocycles. The molecule has 10 atom stereocenters. The van der Waals surface area contributed by atoms with Crippen LogP contribution in [0.15, 0.2) is 78.9 Å². The van der Waals surface area contributed by atoms with Crippen molar-refractivity contribution < 1.29 is 47.7 Å². The van der Waals surface area contributed by atoms with Crippen LogP contribution >= 0.6 is 0 Å². The van der Waals surface area contributed by atoms with Gasteiger partial charge in [-0.3, -0.25) is 19.2 Å². The van der Waals surface area contributed by atoms with E-state index in [1.54, 1.807) is 53.8 Å². The van der Waals surface area contributed by atoms with E-state index < -0.39 is 71.8 Å². The van der Waals surface area contributed by atoms with Crippen LogP contribution in [0.3, 0.4) is 0 Å². The Bertz CT molecular complexity index is 2340. The van der Waals surface area contributed by atoms with Gasteiger partial charge >= 0.3 is 12.1 Å². The first-order valence-electron chi connectivity index (χ1n) is 26.8. The summed E-state index contributed by atoms with van der Waals surface area (Å²) in [4.78, 5) is 90.4. The number of rotatable bonds is 24. The fourth-order valence-electron chi connectivity index (χ4n) is 11.4. The smallest absolute Gasteiger partial charge is 0.410 e. The maximum Gasteiger partial charge on any atom is 0.410 e. The van der Waals surface area contributed by atoms with Gasteiger partial charge in [0.25, 0.3) is 0 Å². The van der Waals surface area contributed by atoms with Gasteiger partial charge in [0.05, 0.1) is 42.7 Å². The highest BCUT2D eigenvalue weighted by atomic mass is 16.6. The van der Waals surface area contributed by atoms with Gasteiger partial charge in [0.2, 0.25) is 17.7 Å². The molecule has 0 saturated carbocycles. The molecule has 1 saturated heterocycles. The fourth-order valence-corrected chi connectivity index (χ4v) is 11.4. The summed E-state index contributed by atoms with van der Waals surface area (Å²) in [6.45, 7) is 20.9. The summed E-state index contributed by atoms with van der Waals surface area (Å²) in [5.41, 5.74) is 4.51. The number of nitrogens with one attached hydrogen (secondary N) is 1. The van der Waals surface area contributed by atoms with Crippen molar-refractivity contribution in [3.05, 3.63) is 95.6 Å². The largest absolute Gasteiger partial charge is 0.458 e. The predicted molar refractivity (Wildman–Crippen MR) is 288 cm³/mol. The summed E-state index contributed by atoms with van der Waals surface area (Å²) in [6.07, 6.45) is -0.00981. The van der Waals surface area contributed by atoms with E-state index in [0.717, 1.165) is 27.8 Å². The van der Waals surface area contributed by atoms with E-state index in [1.165, 1.54) is 12.0 Å². The van der Waals surface area contributed by atoms with E-state index >= 15 is 0 Å². The van der Waals surface area contributed by atoms with Crippen molar-refractivity contribution in [1.82, 2.24) is 20.0 Å². The molecule has 14 heteroatoms. The Balaban J connectivity index is 1.29. The SMILES string of the molecule is CC[C@H](C)[C@@H]([C@@H](CC(=O)N1[C@@H](C)CC[C@H]1[C@H](OC)[C@@H](C)C(=O)N[C@@H](Cc1ccccc1)C(=O)OC(C)(C)C)OC)N(C)C(=O)[C@@H](CC(=O)[C@H](C(C)C)N(C)C(=O)OCC1c2ccccc2-c2ccccc21)C(C)C. The standard InChI is InChI=1S/C60H86N4O10/c1-16-38(6)54(51(71-14)34-52(66)64-39(7)30-31-49(64)55(72-15)40(8)56(67)61-48(58(69)74-60(9,10)11)32-41-24-18-17-19-25-41)62(12)57(68)46(36(2)3)33-50(65)53(37(4)5)63(13)59(70)73-35-47-44-28-22-20-26-42(44)43-27-21-23-29-45(43)47/h17-29,36-40,46-49,51,53-55H,16,30-35H2,1-15H3,(H,61,67)/t38-,39-,40+,46-,48-,49-,51+,53-,54-,55+/m0/s1. The molecule has 4 amide bonds. The Morgan fingerprint density at radius 1 is 0.757 bits per heavy atom. The zero-order valence-electron chi connectivity index (χ0n) is 46.9. The third-order valence-corrected chi connectivity index (χ3v) is 15.5. The Hall–Kier alpha value is -5.60. The minimum absolute atomic E-state index is 0.0512. The quantitative estimate of drug-likeness (QED) is 0.0856. The summed E-state index contributed by atoms with van der Waals surface area (Å²) in [5.74, 6) is -3.88. The minimum atomic E-state index is -0.954. The number of esters is 1. The van der Waals surface area contributed by atoms with Gasteiger partial charge in [-0.05, 0) is 86.1 Å². The first kappa shape index (κ1) is 59.3. The number of benzene rings is 3. The van der Waals surface area contributed by atoms with Crippen molar-refractivity contribution in [2.75, 3.05) is 34.9 Å². The molecule has 5 rings (SSSR count). The Morgan fingerprint density at radius 2 is 1.34 bits per heavy atom. The number of ether oxygens (including phenoxy) is 4. The number of likely N-dealkylation sites (N-methyl/N-ethyl adjacent to an activating group) is 2. The summed E-state index contributed by atoms with van der Waals surface area (Å²) >= 11 is 0. The van der Waals surface area contributed by atoms with E-state index in [9.17, 15) is 28.8 Å². The van der Waals surface area contributed by atoms with E-state index in [2.05, 4.69) is 29.6 Å². The number of hydrogen-bond donors (Lipinski definition) is 1. The van der Waals surface area contributed by atoms with Gasteiger partial charge in [-0.1, -0.05) is 134 Å². The topological polar surface area (TPSA) is 161 Å². The van der Waals surface area contributed by atoms with Crippen LogP contribution in [-0.2, 0) is 49.3 Å². The second-order valence-electron chi connectivity index (χ2n) is 22.5. The average Bonchev–Trinajstić information content (AvgIpc) is 3.90. The predicted octanol–water partition coefficient (Wildman–Crippen LogP) is 9.50. The fraction of sp³-hybridized carbons (Fsp3) is 0.600. The lowest BCUT2D eigenvalue weighted by molar-refractivity contribution is -0.159. The van der Waals surface area contributed by atoms with Gasteiger partial charge in [0.15, 0.2) is 5.78 Å². The minimum Gasteiger partial charge on any atom is -0.458 e. The number of fused-ring (bicyclic) bond motifs is 3. The Labute approximate surface area is 441 Å². The molecule has 74 heavy (non-hydrogen) atoms. The monoisotopic (exact) mass is 1020 g/mol. The first-order chi connectivity index (χ1) is 34.9. The summed E-state index contributed by atoms with van der Waals surface area (Å²) < 4.78 is 24.0. The molecule has 0 radical (unpaired) electrons. The lowest BCUT2D eigenvalue weighted by atomic mass is 9.83. The molecule has 1 aliphatic heterocycles. The average molecular weight is 1020 g/mol. The molecule has 0 bridgehead atoms. The Kier molecular flexibility index (Phi) is 21.0. The molecule has 2 aliphatic rings. The van der Waals surface area contributed by atoms with Crippen LogP contribution < -0.4 is 5.32 Å². The zero-order chi connectivity index (χ0) is 54.8. The molecule has 0 spiro atoms. The van der Waals surface area contributed by atoms with Crippen molar-refractivity contribution in [1.29, 1.82) is 0 Å². The third kappa shape index (κ3) is 14.2.